The highest BCUT2D eigenvalue weighted by molar-refractivity contribution is 7.13. The standard InChI is InChI=1S/C15H11FN2O2S/c1-9-7-10(16)4-5-11(9)18-15(19)13-14(20-8-17-13)12-3-2-6-21-12/h2-8H,1H3,(H,18,19). The molecule has 0 saturated carbocycles. The third kappa shape index (κ3) is 2.71. The second-order valence-electron chi connectivity index (χ2n) is 4.42. The second kappa shape index (κ2) is 5.49. The van der Waals surface area contributed by atoms with Crippen LogP contribution in [0, 0.1) is 12.7 Å². The van der Waals surface area contributed by atoms with Crippen LogP contribution in [0.3, 0.4) is 0 Å². The van der Waals surface area contributed by atoms with Crippen LogP contribution >= 0.6 is 11.3 Å². The molecule has 0 bridgehead atoms. The fourth-order valence-corrected chi connectivity index (χ4v) is 2.65. The van der Waals surface area contributed by atoms with E-state index in [2.05, 4.69) is 10.3 Å². The molecule has 106 valence electrons. The molecule has 2 aromatic heterocycles. The first-order chi connectivity index (χ1) is 10.1. The summed E-state index contributed by atoms with van der Waals surface area (Å²) in [6.45, 7) is 1.72. The molecule has 0 atom stereocenters. The molecular weight excluding hydrogens is 291 g/mol. The number of rotatable bonds is 3. The number of nitrogens with zero attached hydrogens (tertiary/aromatic N) is 1. The molecule has 1 aromatic carbocycles. The Morgan fingerprint density at radius 3 is 2.95 bits per heavy atom. The van der Waals surface area contributed by atoms with Crippen LogP contribution in [0.5, 0.6) is 0 Å². The van der Waals surface area contributed by atoms with Gasteiger partial charge in [0.25, 0.3) is 5.91 Å². The Hall–Kier alpha value is -2.47. The van der Waals surface area contributed by atoms with Gasteiger partial charge in [-0.15, -0.1) is 11.3 Å². The molecule has 0 aliphatic carbocycles. The fourth-order valence-electron chi connectivity index (χ4n) is 1.94. The number of hydrogen-bond acceptors (Lipinski definition) is 4. The van der Waals surface area contributed by atoms with E-state index in [0.29, 0.717) is 17.0 Å². The van der Waals surface area contributed by atoms with Crippen molar-refractivity contribution >= 4 is 22.9 Å². The van der Waals surface area contributed by atoms with E-state index in [9.17, 15) is 9.18 Å². The van der Waals surface area contributed by atoms with Gasteiger partial charge in [-0.2, -0.15) is 0 Å². The largest absolute Gasteiger partial charge is 0.442 e. The Bertz CT molecular complexity index is 781. The number of halogens is 1. The molecule has 0 radical (unpaired) electrons. The van der Waals surface area contributed by atoms with Crippen LogP contribution in [-0.2, 0) is 0 Å². The lowest BCUT2D eigenvalue weighted by Gasteiger charge is -2.07. The summed E-state index contributed by atoms with van der Waals surface area (Å²) >= 11 is 1.46. The number of carbonyl (C=O) groups is 1. The molecule has 6 heteroatoms. The lowest BCUT2D eigenvalue weighted by atomic mass is 10.2. The van der Waals surface area contributed by atoms with E-state index in [-0.39, 0.29) is 17.4 Å². The number of aryl methyl sites for hydroxylation is 1. The summed E-state index contributed by atoms with van der Waals surface area (Å²) < 4.78 is 18.4. The van der Waals surface area contributed by atoms with Crippen molar-refractivity contribution in [3.63, 3.8) is 0 Å². The van der Waals surface area contributed by atoms with Gasteiger partial charge in [-0.25, -0.2) is 9.37 Å². The van der Waals surface area contributed by atoms with Gasteiger partial charge in [-0.3, -0.25) is 4.79 Å². The lowest BCUT2D eigenvalue weighted by Crippen LogP contribution is -2.14. The molecule has 2 heterocycles. The molecule has 1 amide bonds. The number of carbonyl (C=O) groups excluding carboxylic acids is 1. The first kappa shape index (κ1) is 13.5. The van der Waals surface area contributed by atoms with E-state index in [4.69, 9.17) is 4.42 Å². The lowest BCUT2D eigenvalue weighted by molar-refractivity contribution is 0.102. The summed E-state index contributed by atoms with van der Waals surface area (Å²) in [5, 5.41) is 4.61. The number of nitrogens with one attached hydrogen (secondary N) is 1. The Morgan fingerprint density at radius 1 is 1.38 bits per heavy atom. The van der Waals surface area contributed by atoms with E-state index in [0.717, 1.165) is 4.88 Å². The Morgan fingerprint density at radius 2 is 2.24 bits per heavy atom. The predicted molar refractivity (Wildman–Crippen MR) is 78.9 cm³/mol. The van der Waals surface area contributed by atoms with Crippen molar-refractivity contribution in [1.82, 2.24) is 4.98 Å². The van der Waals surface area contributed by atoms with Crippen molar-refractivity contribution in [1.29, 1.82) is 0 Å². The number of aromatic nitrogens is 1. The molecule has 3 rings (SSSR count). The highest BCUT2D eigenvalue weighted by Gasteiger charge is 2.19. The van der Waals surface area contributed by atoms with Gasteiger partial charge < -0.3 is 9.73 Å². The number of oxazole rings is 1. The van der Waals surface area contributed by atoms with Crippen molar-refractivity contribution < 1.29 is 13.6 Å². The number of anilines is 1. The molecule has 21 heavy (non-hydrogen) atoms. The summed E-state index contributed by atoms with van der Waals surface area (Å²) in [6, 6.07) is 7.90. The zero-order chi connectivity index (χ0) is 14.8. The van der Waals surface area contributed by atoms with Crippen LogP contribution in [0.15, 0.2) is 46.5 Å². The molecule has 0 aliphatic rings. The van der Waals surface area contributed by atoms with Crippen LogP contribution in [-0.4, -0.2) is 10.9 Å². The molecule has 1 N–H and O–H groups in total. The van der Waals surface area contributed by atoms with Gasteiger partial charge >= 0.3 is 0 Å². The zero-order valence-electron chi connectivity index (χ0n) is 11.1. The fraction of sp³-hybridized carbons (Fsp3) is 0.0667. The van der Waals surface area contributed by atoms with E-state index in [1.165, 1.54) is 35.9 Å². The van der Waals surface area contributed by atoms with Crippen molar-refractivity contribution in [2.24, 2.45) is 0 Å². The summed E-state index contributed by atoms with van der Waals surface area (Å²) in [7, 11) is 0. The first-order valence-electron chi connectivity index (χ1n) is 6.20. The Balaban J connectivity index is 1.88. The average Bonchev–Trinajstić information content (AvgIpc) is 3.10. The summed E-state index contributed by atoms with van der Waals surface area (Å²) in [5.74, 6) is -0.296. The van der Waals surface area contributed by atoms with E-state index in [1.54, 1.807) is 6.92 Å². The normalized spacial score (nSPS) is 10.6. The van der Waals surface area contributed by atoms with Crippen LogP contribution in [0.1, 0.15) is 16.1 Å². The maximum atomic E-state index is 13.1. The summed E-state index contributed by atoms with van der Waals surface area (Å²) in [6.07, 6.45) is 1.24. The van der Waals surface area contributed by atoms with Crippen LogP contribution in [0.4, 0.5) is 10.1 Å². The molecule has 0 aliphatic heterocycles. The Kier molecular flexibility index (Phi) is 3.53. The van der Waals surface area contributed by atoms with Gasteiger partial charge in [-0.1, -0.05) is 6.07 Å². The molecule has 4 nitrogen and oxygen atoms in total. The molecule has 0 unspecified atom stereocenters. The van der Waals surface area contributed by atoms with Crippen molar-refractivity contribution in [3.05, 3.63) is 59.2 Å². The van der Waals surface area contributed by atoms with Gasteiger partial charge in [0.2, 0.25) is 0 Å². The van der Waals surface area contributed by atoms with Crippen molar-refractivity contribution in [2.45, 2.75) is 6.92 Å². The number of benzene rings is 1. The van der Waals surface area contributed by atoms with Crippen LogP contribution in [0.25, 0.3) is 10.6 Å². The highest BCUT2D eigenvalue weighted by atomic mass is 32.1. The minimum atomic E-state index is -0.387. The van der Waals surface area contributed by atoms with Gasteiger partial charge in [-0.05, 0) is 42.1 Å². The maximum absolute atomic E-state index is 13.1. The summed E-state index contributed by atoms with van der Waals surface area (Å²) in [5.41, 5.74) is 1.40. The molecule has 0 saturated heterocycles. The van der Waals surface area contributed by atoms with E-state index in [1.807, 2.05) is 17.5 Å². The SMILES string of the molecule is Cc1cc(F)ccc1NC(=O)c1ncoc1-c1cccs1. The monoisotopic (exact) mass is 302 g/mol. The van der Waals surface area contributed by atoms with Crippen LogP contribution < -0.4 is 5.32 Å². The number of thiophene rings is 1. The molecule has 3 aromatic rings. The average molecular weight is 302 g/mol. The smallest absolute Gasteiger partial charge is 0.278 e. The Labute approximate surface area is 124 Å². The highest BCUT2D eigenvalue weighted by Crippen LogP contribution is 2.28. The second-order valence-corrected chi connectivity index (χ2v) is 5.37. The van der Waals surface area contributed by atoms with Gasteiger partial charge in [0, 0.05) is 5.69 Å². The molecule has 0 spiro atoms. The topological polar surface area (TPSA) is 55.1 Å². The third-order valence-corrected chi connectivity index (χ3v) is 3.83. The van der Waals surface area contributed by atoms with Crippen molar-refractivity contribution in [3.8, 4) is 10.6 Å². The van der Waals surface area contributed by atoms with Crippen molar-refractivity contribution in [2.75, 3.05) is 5.32 Å². The van der Waals surface area contributed by atoms with E-state index >= 15 is 0 Å². The minimum absolute atomic E-state index is 0.209. The maximum Gasteiger partial charge on any atom is 0.278 e. The molecule has 0 fully saturated rings. The van der Waals surface area contributed by atoms with Crippen LogP contribution in [0.2, 0.25) is 0 Å². The van der Waals surface area contributed by atoms with Gasteiger partial charge in [0.15, 0.2) is 17.8 Å². The van der Waals surface area contributed by atoms with Gasteiger partial charge in [0.05, 0.1) is 4.88 Å². The zero-order valence-corrected chi connectivity index (χ0v) is 11.9. The summed E-state index contributed by atoms with van der Waals surface area (Å²) in [4.78, 5) is 17.1. The predicted octanol–water partition coefficient (Wildman–Crippen LogP) is 4.10. The minimum Gasteiger partial charge on any atom is -0.442 e. The quantitative estimate of drug-likeness (QED) is 0.792. The van der Waals surface area contributed by atoms with E-state index < -0.39 is 0 Å². The third-order valence-electron chi connectivity index (χ3n) is 2.96. The van der Waals surface area contributed by atoms with Gasteiger partial charge in [0.1, 0.15) is 5.82 Å². The number of hydrogen-bond donors (Lipinski definition) is 1. The first-order valence-corrected chi connectivity index (χ1v) is 7.08. The number of amides is 1. The molecular formula is C15H11FN2O2S.